The van der Waals surface area contributed by atoms with E-state index >= 15 is 0 Å². The standard InChI is InChI=1S/C10H7Cl2N3O2S2/c11-6-2-4-18-9(6)8(16)1-3-13-17-5-7-10(12)19-15-14-7/h2-4H,1,5H2/b13-3-. The molecule has 100 valence electrons. The molecule has 9 heteroatoms. The highest BCUT2D eigenvalue weighted by Crippen LogP contribution is 2.23. The molecule has 0 amide bonds. The fourth-order valence-electron chi connectivity index (χ4n) is 1.14. The Bertz CT molecular complexity index is 597. The highest BCUT2D eigenvalue weighted by molar-refractivity contribution is 7.12. The average molecular weight is 336 g/mol. The number of carbonyl (C=O) groups excluding carboxylic acids is 1. The van der Waals surface area contributed by atoms with Gasteiger partial charge in [-0.2, -0.15) is 0 Å². The maximum Gasteiger partial charge on any atom is 0.179 e. The van der Waals surface area contributed by atoms with Gasteiger partial charge in [0.15, 0.2) is 12.4 Å². The monoisotopic (exact) mass is 335 g/mol. The summed E-state index contributed by atoms with van der Waals surface area (Å²) >= 11 is 14.0. The fraction of sp³-hybridized carbons (Fsp3) is 0.200. The number of nitrogens with zero attached hydrogens (tertiary/aromatic N) is 3. The van der Waals surface area contributed by atoms with Crippen LogP contribution in [0.1, 0.15) is 21.8 Å². The van der Waals surface area contributed by atoms with Crippen LogP contribution in [-0.2, 0) is 11.4 Å². The third-order valence-electron chi connectivity index (χ3n) is 2.01. The van der Waals surface area contributed by atoms with E-state index in [1.807, 2.05) is 0 Å². The van der Waals surface area contributed by atoms with Crippen molar-refractivity contribution in [3.8, 4) is 0 Å². The number of ketones is 1. The lowest BCUT2D eigenvalue weighted by Crippen LogP contribution is -1.97. The van der Waals surface area contributed by atoms with E-state index in [1.165, 1.54) is 17.6 Å². The van der Waals surface area contributed by atoms with Crippen molar-refractivity contribution in [1.29, 1.82) is 0 Å². The highest BCUT2D eigenvalue weighted by Gasteiger charge is 2.10. The van der Waals surface area contributed by atoms with Gasteiger partial charge in [-0.25, -0.2) is 0 Å². The van der Waals surface area contributed by atoms with Crippen LogP contribution in [-0.4, -0.2) is 21.6 Å². The summed E-state index contributed by atoms with van der Waals surface area (Å²) in [5.74, 6) is -0.0966. The van der Waals surface area contributed by atoms with Gasteiger partial charge in [0.05, 0.1) is 22.5 Å². The predicted octanol–water partition coefficient (Wildman–Crippen LogP) is 3.68. The van der Waals surface area contributed by atoms with Crippen LogP contribution < -0.4 is 0 Å². The van der Waals surface area contributed by atoms with E-state index in [9.17, 15) is 4.79 Å². The summed E-state index contributed by atoms with van der Waals surface area (Å²) in [6.45, 7) is 0.125. The van der Waals surface area contributed by atoms with Gasteiger partial charge < -0.3 is 4.84 Å². The SMILES string of the molecule is O=C(C/C=N\OCc1nnsc1Cl)c1sccc1Cl. The summed E-state index contributed by atoms with van der Waals surface area (Å²) < 4.78 is 4.12. The molecule has 2 heterocycles. The van der Waals surface area contributed by atoms with Crippen LogP contribution >= 0.6 is 46.1 Å². The van der Waals surface area contributed by atoms with Crippen molar-refractivity contribution in [2.24, 2.45) is 5.16 Å². The predicted molar refractivity (Wildman–Crippen MR) is 76.5 cm³/mol. The van der Waals surface area contributed by atoms with Gasteiger partial charge in [-0.15, -0.1) is 16.4 Å². The highest BCUT2D eigenvalue weighted by atomic mass is 35.5. The van der Waals surface area contributed by atoms with E-state index in [4.69, 9.17) is 28.0 Å². The third-order valence-corrected chi connectivity index (χ3v) is 4.37. The van der Waals surface area contributed by atoms with Gasteiger partial charge in [0, 0.05) is 11.5 Å². The number of aromatic nitrogens is 2. The molecule has 2 aromatic heterocycles. The molecule has 0 aliphatic heterocycles. The quantitative estimate of drug-likeness (QED) is 0.458. The number of rotatable bonds is 6. The Morgan fingerprint density at radius 3 is 3.00 bits per heavy atom. The number of halogens is 2. The van der Waals surface area contributed by atoms with E-state index in [0.29, 0.717) is 19.9 Å². The minimum absolute atomic E-state index is 0.0966. The van der Waals surface area contributed by atoms with Crippen LogP contribution in [0.5, 0.6) is 0 Å². The molecule has 0 spiro atoms. The fourth-order valence-corrected chi connectivity index (χ4v) is 2.85. The molecule has 0 saturated heterocycles. The summed E-state index contributed by atoms with van der Waals surface area (Å²) in [6, 6.07) is 1.68. The van der Waals surface area contributed by atoms with Crippen molar-refractivity contribution in [3.05, 3.63) is 31.4 Å². The Hall–Kier alpha value is -1.02. The minimum Gasteiger partial charge on any atom is -0.389 e. The number of oxime groups is 1. The molecule has 0 aliphatic carbocycles. The summed E-state index contributed by atoms with van der Waals surface area (Å²) in [7, 11) is 0. The summed E-state index contributed by atoms with van der Waals surface area (Å²) in [5, 5.41) is 9.64. The van der Waals surface area contributed by atoms with Crippen molar-refractivity contribution in [3.63, 3.8) is 0 Å². The number of Topliss-reactive ketones (excluding diaryl/α,β-unsaturated/α-hetero) is 1. The van der Waals surface area contributed by atoms with Crippen molar-refractivity contribution in [1.82, 2.24) is 9.59 Å². The summed E-state index contributed by atoms with van der Waals surface area (Å²) in [5.41, 5.74) is 0.524. The average Bonchev–Trinajstić information content (AvgIpc) is 2.98. The van der Waals surface area contributed by atoms with E-state index in [0.717, 1.165) is 11.5 Å². The minimum atomic E-state index is -0.0966. The van der Waals surface area contributed by atoms with Gasteiger partial charge in [0.1, 0.15) is 10.0 Å². The van der Waals surface area contributed by atoms with Crippen LogP contribution in [0.25, 0.3) is 0 Å². The zero-order chi connectivity index (χ0) is 13.7. The van der Waals surface area contributed by atoms with E-state index < -0.39 is 0 Å². The zero-order valence-corrected chi connectivity index (χ0v) is 12.5. The first-order valence-electron chi connectivity index (χ1n) is 5.05. The first-order chi connectivity index (χ1) is 9.18. The zero-order valence-electron chi connectivity index (χ0n) is 9.38. The van der Waals surface area contributed by atoms with Crippen molar-refractivity contribution in [2.45, 2.75) is 13.0 Å². The van der Waals surface area contributed by atoms with Crippen LogP contribution in [0.15, 0.2) is 16.6 Å². The van der Waals surface area contributed by atoms with Gasteiger partial charge in [-0.1, -0.05) is 32.8 Å². The number of carbonyl (C=O) groups is 1. The second-order valence-corrected chi connectivity index (χ2v) is 5.96. The number of thiophene rings is 1. The van der Waals surface area contributed by atoms with Gasteiger partial charge in [-0.3, -0.25) is 4.79 Å². The molecule has 0 saturated carbocycles. The molecule has 0 N–H and O–H groups in total. The van der Waals surface area contributed by atoms with Crippen LogP contribution in [0.2, 0.25) is 9.36 Å². The molecule has 0 radical (unpaired) electrons. The molecule has 0 fully saturated rings. The first-order valence-corrected chi connectivity index (χ1v) is 7.46. The molecular weight excluding hydrogens is 329 g/mol. The largest absolute Gasteiger partial charge is 0.389 e. The molecule has 5 nitrogen and oxygen atoms in total. The molecule has 0 atom stereocenters. The molecule has 0 aliphatic rings. The Kier molecular flexibility index (Phi) is 5.26. The van der Waals surface area contributed by atoms with E-state index in [1.54, 1.807) is 11.4 Å². The maximum absolute atomic E-state index is 11.7. The maximum atomic E-state index is 11.7. The normalized spacial score (nSPS) is 11.1. The van der Waals surface area contributed by atoms with Crippen molar-refractivity contribution < 1.29 is 9.63 Å². The Labute approximate surface area is 127 Å². The molecule has 0 aromatic carbocycles. The van der Waals surface area contributed by atoms with Crippen molar-refractivity contribution >= 4 is 58.1 Å². The van der Waals surface area contributed by atoms with Gasteiger partial charge in [0.25, 0.3) is 0 Å². The van der Waals surface area contributed by atoms with Crippen LogP contribution in [0.4, 0.5) is 0 Å². The summed E-state index contributed by atoms with van der Waals surface area (Å²) in [4.78, 5) is 17.2. The molecule has 2 rings (SSSR count). The molecule has 19 heavy (non-hydrogen) atoms. The van der Waals surface area contributed by atoms with Gasteiger partial charge in [0.2, 0.25) is 0 Å². The Morgan fingerprint density at radius 2 is 2.37 bits per heavy atom. The van der Waals surface area contributed by atoms with Crippen LogP contribution in [0, 0.1) is 0 Å². The van der Waals surface area contributed by atoms with Gasteiger partial charge in [-0.05, 0) is 11.4 Å². The second-order valence-electron chi connectivity index (χ2n) is 3.28. The smallest absolute Gasteiger partial charge is 0.179 e. The Balaban J connectivity index is 1.77. The second kappa shape index (κ2) is 6.95. The summed E-state index contributed by atoms with van der Waals surface area (Å²) in [6.07, 6.45) is 1.51. The lowest BCUT2D eigenvalue weighted by atomic mass is 10.2. The number of hydrogen-bond acceptors (Lipinski definition) is 7. The number of hydrogen-bond donors (Lipinski definition) is 0. The Morgan fingerprint density at radius 1 is 1.53 bits per heavy atom. The van der Waals surface area contributed by atoms with E-state index in [-0.39, 0.29) is 18.8 Å². The molecule has 2 aromatic rings. The molecular formula is C10H7Cl2N3O2S2. The topological polar surface area (TPSA) is 64.4 Å². The van der Waals surface area contributed by atoms with Crippen molar-refractivity contribution in [2.75, 3.05) is 0 Å². The van der Waals surface area contributed by atoms with Gasteiger partial charge >= 0.3 is 0 Å². The first kappa shape index (κ1) is 14.4. The lowest BCUT2D eigenvalue weighted by Gasteiger charge is -1.95. The molecule has 0 unspecified atom stereocenters. The van der Waals surface area contributed by atoms with E-state index in [2.05, 4.69) is 14.7 Å². The lowest BCUT2D eigenvalue weighted by molar-refractivity contribution is 0.0999. The van der Waals surface area contributed by atoms with Crippen LogP contribution in [0.3, 0.4) is 0 Å². The third kappa shape index (κ3) is 3.97. The molecule has 0 bridgehead atoms.